The van der Waals surface area contributed by atoms with E-state index in [1.165, 1.54) is 4.90 Å². The number of likely N-dealkylation sites (tertiary alicyclic amines) is 1. The number of nitrogens with zero attached hydrogens (tertiary/aromatic N) is 7. The van der Waals surface area contributed by atoms with Gasteiger partial charge in [0.2, 0.25) is 11.8 Å². The van der Waals surface area contributed by atoms with Gasteiger partial charge in [-0.1, -0.05) is 69.3 Å². The number of amides is 2. The van der Waals surface area contributed by atoms with E-state index in [0.717, 1.165) is 103 Å². The molecule has 5 saturated heterocycles. The lowest BCUT2D eigenvalue weighted by Gasteiger charge is -2.35. The monoisotopic (exact) mass is 1080 g/mol. The molecule has 5 fully saturated rings. The van der Waals surface area contributed by atoms with Crippen molar-refractivity contribution < 1.29 is 38.2 Å². The van der Waals surface area contributed by atoms with Gasteiger partial charge in [0.25, 0.3) is 5.88 Å². The molecule has 3 aromatic heterocycles. The molecule has 2 amide bonds. The number of aliphatic hydroxyl groups excluding tert-OH is 1. The number of aromatic nitrogens is 4. The number of halogens is 1. The van der Waals surface area contributed by atoms with Crippen molar-refractivity contribution in [2.75, 3.05) is 44.3 Å². The molecule has 7 aromatic rings. The van der Waals surface area contributed by atoms with Crippen LogP contribution in [0.1, 0.15) is 107 Å². The number of carbonyl (C=O) groups excluding carboxylic acids is 2. The summed E-state index contributed by atoms with van der Waals surface area (Å²) < 4.78 is 36.3. The number of thiazole rings is 1. The fourth-order valence-electron chi connectivity index (χ4n) is 13.4. The first-order chi connectivity index (χ1) is 37.7. The molecular weight excluding hydrogens is 1010 g/mol. The van der Waals surface area contributed by atoms with Gasteiger partial charge in [0, 0.05) is 61.2 Å². The topological polar surface area (TPSA) is 192 Å². The van der Waals surface area contributed by atoms with Gasteiger partial charge in [0.05, 0.1) is 33.8 Å². The first kappa shape index (κ1) is 52.0. The Balaban J connectivity index is 0.731. The summed E-state index contributed by atoms with van der Waals surface area (Å²) in [5.74, 6) is -0.801. The zero-order valence-electron chi connectivity index (χ0n) is 44.9. The number of anilines is 1. The molecule has 0 radical (unpaired) electrons. The molecule has 16 nitrogen and oxygen atoms in total. The molecule has 18 heteroatoms. The quantitative estimate of drug-likeness (QED) is 0.0716. The molecule has 0 aliphatic carbocycles. The normalized spacial score (nSPS) is 23.9. The predicted molar refractivity (Wildman–Crippen MR) is 297 cm³/mol. The number of ether oxygens (including phenoxy) is 2. The van der Waals surface area contributed by atoms with Crippen LogP contribution in [0.15, 0.2) is 82.8 Å². The number of hydrogen-bond donors (Lipinski definition) is 4. The number of fused-ring (bicyclic) bond motifs is 5. The van der Waals surface area contributed by atoms with Crippen LogP contribution in [-0.2, 0) is 16.0 Å². The maximum absolute atomic E-state index is 17.4. The summed E-state index contributed by atoms with van der Waals surface area (Å²) in [4.78, 5) is 50.0. The molecule has 4 aromatic carbocycles. The highest BCUT2D eigenvalue weighted by atomic mass is 32.1. The Bertz CT molecular complexity index is 3380. The number of phenolic OH excluding ortho intramolecular Hbond substituents is 1. The van der Waals surface area contributed by atoms with Crippen molar-refractivity contribution in [3.05, 3.63) is 107 Å². The number of nitrogens with one attached hydrogen (secondary N) is 2. The minimum Gasteiger partial charge on any atom is -0.508 e. The van der Waals surface area contributed by atoms with Crippen molar-refractivity contribution >= 4 is 50.6 Å². The number of benzene rings is 4. The fourth-order valence-corrected chi connectivity index (χ4v) is 14.2. The van der Waals surface area contributed by atoms with E-state index >= 15 is 4.39 Å². The first-order valence-corrected chi connectivity index (χ1v) is 28.7. The highest BCUT2D eigenvalue weighted by Crippen LogP contribution is 2.45. The van der Waals surface area contributed by atoms with Crippen molar-refractivity contribution in [1.82, 2.24) is 40.5 Å². The van der Waals surface area contributed by atoms with E-state index in [2.05, 4.69) is 37.5 Å². The number of β-amino-alcohol motifs (C(OH)–C–C–N with tert-alkyl or cyclic N) is 1. The molecule has 8 atom stereocenters. The standard InChI is InChI=1S/C60H68FN9O7S/c1-6-36-9-7-10-39-23-43(71)24-47(52(36)39)45-17-18-46-54(53(45)61)65-59(66-56(46)68-27-40-15-16-41(28-68)64-40)76-31-60-20-8-22-70(60)42(19-21-60)30-75-50-26-49(77-67-50)51(33(2)3)58(74)69-29-44(72)25-48(69)57(73)63-34(4)37-11-13-38(14-12-37)55-35(5)62-32-78-55/h7,9-14,17-18,23-24,26,32-34,40-42,44,48,51,64,71-72H,6,8,15-16,19-22,25,27-31H2,1-5H3,(H,63,73)/t34-,40?,41?,42-,44+,48-,51-,60+/m0/s1. The Hall–Kier alpha value is -6.73. The second kappa shape index (κ2) is 21.1. The SMILES string of the molecule is CCc1cccc2cc(O)cc(-c3ccc4c(N5CC6CCC(C5)N6)nc(OC[C@]56CCCN5[C@H](COc5cc([C@@H](C(=O)N7C[C@H](O)C[C@H]7C(=O)N[C@@H](C)c7ccc(-c8scnc8C)cc7)C(C)C)on5)CC6)nc4c3F)c12. The van der Waals surface area contributed by atoms with E-state index in [4.69, 9.17) is 24.0 Å². The van der Waals surface area contributed by atoms with Gasteiger partial charge in [-0.05, 0) is 128 Å². The van der Waals surface area contributed by atoms with Gasteiger partial charge >= 0.3 is 6.01 Å². The van der Waals surface area contributed by atoms with Crippen LogP contribution in [-0.4, -0.2) is 127 Å². The van der Waals surface area contributed by atoms with Crippen LogP contribution in [0.2, 0.25) is 0 Å². The molecule has 4 N–H and O–H groups in total. The molecular formula is C60H68FN9O7S. The minimum atomic E-state index is -0.863. The van der Waals surface area contributed by atoms with E-state index in [0.29, 0.717) is 53.4 Å². The third-order valence-corrected chi connectivity index (χ3v) is 18.3. The maximum atomic E-state index is 17.4. The van der Waals surface area contributed by atoms with Crippen molar-refractivity contribution in [3.8, 4) is 39.2 Å². The van der Waals surface area contributed by atoms with Crippen LogP contribution < -0.4 is 25.0 Å². The Morgan fingerprint density at radius 1 is 0.974 bits per heavy atom. The van der Waals surface area contributed by atoms with E-state index in [9.17, 15) is 19.8 Å². The van der Waals surface area contributed by atoms with Crippen LogP contribution >= 0.6 is 11.3 Å². The van der Waals surface area contributed by atoms with Crippen molar-refractivity contribution in [1.29, 1.82) is 0 Å². The highest BCUT2D eigenvalue weighted by molar-refractivity contribution is 7.13. The van der Waals surface area contributed by atoms with E-state index in [1.54, 1.807) is 35.6 Å². The number of carbonyl (C=O) groups is 2. The number of hydrogen-bond acceptors (Lipinski definition) is 15. The lowest BCUT2D eigenvalue weighted by Crippen LogP contribution is -2.51. The average Bonchev–Trinajstić information content (AvgIpc) is 4.42. The lowest BCUT2D eigenvalue weighted by atomic mass is 9.91. The predicted octanol–water partition coefficient (Wildman–Crippen LogP) is 9.25. The molecule has 5 aliphatic rings. The Kier molecular flexibility index (Phi) is 14.1. The number of rotatable bonds is 16. The Morgan fingerprint density at radius 2 is 1.78 bits per heavy atom. The summed E-state index contributed by atoms with van der Waals surface area (Å²) in [6.45, 7) is 12.8. The van der Waals surface area contributed by atoms with Gasteiger partial charge < -0.3 is 44.6 Å². The second-order valence-corrected chi connectivity index (χ2v) is 23.5. The van der Waals surface area contributed by atoms with Gasteiger partial charge in [-0.3, -0.25) is 14.5 Å². The summed E-state index contributed by atoms with van der Waals surface area (Å²) in [5, 5.41) is 35.2. The molecule has 8 heterocycles. The largest absolute Gasteiger partial charge is 0.508 e. The van der Waals surface area contributed by atoms with Crippen LogP contribution in [0, 0.1) is 18.7 Å². The molecule has 0 spiro atoms. The zero-order valence-corrected chi connectivity index (χ0v) is 45.7. The van der Waals surface area contributed by atoms with Crippen LogP contribution in [0.3, 0.4) is 0 Å². The molecule has 5 aliphatic heterocycles. The summed E-state index contributed by atoms with van der Waals surface area (Å²) >= 11 is 1.59. The minimum absolute atomic E-state index is 0.0265. The molecule has 12 rings (SSSR count). The fraction of sp³-hybridized carbons (Fsp3) is 0.467. The molecule has 78 heavy (non-hydrogen) atoms. The van der Waals surface area contributed by atoms with Crippen LogP contribution in [0.4, 0.5) is 10.2 Å². The first-order valence-electron chi connectivity index (χ1n) is 27.8. The van der Waals surface area contributed by atoms with Crippen LogP contribution in [0.25, 0.3) is 43.2 Å². The van der Waals surface area contributed by atoms with Gasteiger partial charge in [-0.15, -0.1) is 11.3 Å². The summed E-state index contributed by atoms with van der Waals surface area (Å²) in [5.41, 5.74) is 6.69. The average molecular weight is 1080 g/mol. The molecule has 408 valence electrons. The highest BCUT2D eigenvalue weighted by Gasteiger charge is 2.50. The van der Waals surface area contributed by atoms with Crippen LogP contribution in [0.5, 0.6) is 17.6 Å². The van der Waals surface area contributed by atoms with Gasteiger partial charge in [0.1, 0.15) is 42.3 Å². The Morgan fingerprint density at radius 3 is 2.54 bits per heavy atom. The second-order valence-electron chi connectivity index (χ2n) is 22.7. The smallest absolute Gasteiger partial charge is 0.319 e. The van der Waals surface area contributed by atoms with Crippen molar-refractivity contribution in [2.45, 2.75) is 134 Å². The third kappa shape index (κ3) is 9.72. The van der Waals surface area contributed by atoms with Crippen molar-refractivity contribution in [3.63, 3.8) is 0 Å². The zero-order chi connectivity index (χ0) is 54.0. The number of aryl methyl sites for hydroxylation is 2. The van der Waals surface area contributed by atoms with E-state index in [-0.39, 0.29) is 71.5 Å². The van der Waals surface area contributed by atoms with Gasteiger partial charge in [-0.25, -0.2) is 9.37 Å². The number of phenols is 1. The summed E-state index contributed by atoms with van der Waals surface area (Å²) in [7, 11) is 0. The van der Waals surface area contributed by atoms with E-state index < -0.39 is 23.9 Å². The summed E-state index contributed by atoms with van der Waals surface area (Å²) in [6, 6.07) is 22.4. The number of piperazine rings is 1. The molecule has 2 bridgehead atoms. The molecule has 2 unspecified atom stereocenters. The third-order valence-electron chi connectivity index (χ3n) is 17.3. The molecule has 0 saturated carbocycles. The summed E-state index contributed by atoms with van der Waals surface area (Å²) in [6.07, 6.45) is 5.76. The van der Waals surface area contributed by atoms with Gasteiger partial charge in [-0.2, -0.15) is 9.97 Å². The number of aromatic hydroxyl groups is 1. The maximum Gasteiger partial charge on any atom is 0.319 e. The van der Waals surface area contributed by atoms with Crippen molar-refractivity contribution in [2.24, 2.45) is 5.92 Å². The van der Waals surface area contributed by atoms with Gasteiger partial charge in [0.15, 0.2) is 11.6 Å². The number of aliphatic hydroxyl groups is 1. The Labute approximate surface area is 457 Å². The van der Waals surface area contributed by atoms with E-state index in [1.807, 2.05) is 81.7 Å². The lowest BCUT2D eigenvalue weighted by molar-refractivity contribution is -0.141.